The van der Waals surface area contributed by atoms with Gasteiger partial charge in [-0.1, -0.05) is 41.9 Å². The minimum absolute atomic E-state index is 0.0105. The molecule has 0 spiro atoms. The number of ether oxygens (including phenoxy) is 1. The molecule has 0 radical (unpaired) electrons. The molecule has 0 aliphatic carbocycles. The SMILES string of the molecule is COc1ccccc1CCNC(=O)Cn1nnc(-c2ccccc2Cl)n1. The van der Waals surface area contributed by atoms with Crippen LogP contribution in [0, 0.1) is 0 Å². The lowest BCUT2D eigenvalue weighted by atomic mass is 10.1. The molecule has 134 valence electrons. The van der Waals surface area contributed by atoms with Crippen LogP contribution >= 0.6 is 11.6 Å². The first-order valence-corrected chi connectivity index (χ1v) is 8.46. The molecular weight excluding hydrogens is 354 g/mol. The van der Waals surface area contributed by atoms with Crippen molar-refractivity contribution >= 4 is 17.5 Å². The summed E-state index contributed by atoms with van der Waals surface area (Å²) in [6, 6.07) is 14.9. The molecule has 1 aromatic heterocycles. The minimum Gasteiger partial charge on any atom is -0.496 e. The van der Waals surface area contributed by atoms with Crippen LogP contribution in [0.3, 0.4) is 0 Å². The molecular formula is C18H18ClN5O2. The van der Waals surface area contributed by atoms with E-state index in [0.717, 1.165) is 11.3 Å². The highest BCUT2D eigenvalue weighted by Gasteiger charge is 2.11. The number of methoxy groups -OCH3 is 1. The minimum atomic E-state index is -0.192. The van der Waals surface area contributed by atoms with Gasteiger partial charge in [0.2, 0.25) is 11.7 Å². The summed E-state index contributed by atoms with van der Waals surface area (Å²) in [6.45, 7) is 0.481. The van der Waals surface area contributed by atoms with Gasteiger partial charge in [-0.25, -0.2) is 0 Å². The second-order valence-electron chi connectivity index (χ2n) is 5.54. The van der Waals surface area contributed by atoms with Gasteiger partial charge in [0.1, 0.15) is 12.3 Å². The topological polar surface area (TPSA) is 81.9 Å². The predicted molar refractivity (Wildman–Crippen MR) is 98.0 cm³/mol. The summed E-state index contributed by atoms with van der Waals surface area (Å²) in [5, 5.41) is 15.4. The first-order valence-electron chi connectivity index (χ1n) is 8.08. The number of aromatic nitrogens is 4. The van der Waals surface area contributed by atoms with E-state index in [0.29, 0.717) is 29.4 Å². The number of halogens is 1. The number of hydrogen-bond donors (Lipinski definition) is 1. The third kappa shape index (κ3) is 4.37. The smallest absolute Gasteiger partial charge is 0.243 e. The van der Waals surface area contributed by atoms with Gasteiger partial charge in [-0.2, -0.15) is 4.80 Å². The average Bonchev–Trinajstić information content (AvgIpc) is 3.10. The van der Waals surface area contributed by atoms with Crippen molar-refractivity contribution in [3.63, 3.8) is 0 Å². The normalized spacial score (nSPS) is 10.5. The Morgan fingerprint density at radius 1 is 1.19 bits per heavy atom. The van der Waals surface area contributed by atoms with E-state index in [1.807, 2.05) is 36.4 Å². The summed E-state index contributed by atoms with van der Waals surface area (Å²) in [5.74, 6) is 1.00. The zero-order chi connectivity index (χ0) is 18.4. The van der Waals surface area contributed by atoms with Crippen molar-refractivity contribution in [2.75, 3.05) is 13.7 Å². The standard InChI is InChI=1S/C18H18ClN5O2/c1-26-16-9-5-2-6-13(16)10-11-20-17(25)12-24-22-18(21-23-24)14-7-3-4-8-15(14)19/h2-9H,10-12H2,1H3,(H,20,25). The lowest BCUT2D eigenvalue weighted by molar-refractivity contribution is -0.122. The Balaban J connectivity index is 1.53. The van der Waals surface area contributed by atoms with E-state index >= 15 is 0 Å². The van der Waals surface area contributed by atoms with Crippen LogP contribution in [0.5, 0.6) is 5.75 Å². The van der Waals surface area contributed by atoms with Crippen molar-refractivity contribution in [3.8, 4) is 17.1 Å². The van der Waals surface area contributed by atoms with Crippen molar-refractivity contribution < 1.29 is 9.53 Å². The van der Waals surface area contributed by atoms with E-state index in [4.69, 9.17) is 16.3 Å². The molecule has 8 heteroatoms. The van der Waals surface area contributed by atoms with Crippen LogP contribution in [0.2, 0.25) is 5.02 Å². The molecule has 1 heterocycles. The van der Waals surface area contributed by atoms with Gasteiger partial charge in [0.15, 0.2) is 0 Å². The molecule has 0 aliphatic rings. The number of carbonyl (C=O) groups is 1. The van der Waals surface area contributed by atoms with Gasteiger partial charge < -0.3 is 10.1 Å². The maximum atomic E-state index is 12.1. The lowest BCUT2D eigenvalue weighted by Gasteiger charge is -2.08. The van der Waals surface area contributed by atoms with Crippen LogP contribution in [0.15, 0.2) is 48.5 Å². The van der Waals surface area contributed by atoms with Crippen LogP contribution in [-0.2, 0) is 17.8 Å². The molecule has 26 heavy (non-hydrogen) atoms. The average molecular weight is 372 g/mol. The zero-order valence-corrected chi connectivity index (χ0v) is 15.0. The van der Waals surface area contributed by atoms with E-state index in [2.05, 4.69) is 20.7 Å². The van der Waals surface area contributed by atoms with Crippen molar-refractivity contribution in [1.82, 2.24) is 25.5 Å². The number of tetrazole rings is 1. The van der Waals surface area contributed by atoms with Crippen LogP contribution in [-0.4, -0.2) is 39.8 Å². The third-order valence-corrected chi connectivity index (χ3v) is 4.09. The quantitative estimate of drug-likeness (QED) is 0.689. The lowest BCUT2D eigenvalue weighted by Crippen LogP contribution is -2.30. The highest BCUT2D eigenvalue weighted by atomic mass is 35.5. The van der Waals surface area contributed by atoms with Crippen LogP contribution in [0.1, 0.15) is 5.56 Å². The van der Waals surface area contributed by atoms with E-state index < -0.39 is 0 Å². The summed E-state index contributed by atoms with van der Waals surface area (Å²) >= 11 is 6.12. The fourth-order valence-electron chi connectivity index (χ4n) is 2.49. The first-order chi connectivity index (χ1) is 12.7. The molecule has 0 bridgehead atoms. The number of rotatable bonds is 7. The number of benzene rings is 2. The van der Waals surface area contributed by atoms with Crippen molar-refractivity contribution in [2.24, 2.45) is 0 Å². The summed E-state index contributed by atoms with van der Waals surface area (Å²) in [5.41, 5.74) is 1.71. The Labute approximate surface area is 155 Å². The number of carbonyl (C=O) groups excluding carboxylic acids is 1. The van der Waals surface area contributed by atoms with Crippen LogP contribution in [0.4, 0.5) is 0 Å². The van der Waals surface area contributed by atoms with Gasteiger partial charge in [0, 0.05) is 12.1 Å². The molecule has 3 aromatic rings. The summed E-state index contributed by atoms with van der Waals surface area (Å²) in [4.78, 5) is 13.3. The molecule has 1 N–H and O–H groups in total. The van der Waals surface area contributed by atoms with Gasteiger partial charge in [-0.15, -0.1) is 10.2 Å². The molecule has 0 unspecified atom stereocenters. The first kappa shape index (κ1) is 17.9. The Bertz CT molecular complexity index is 897. The number of hydrogen-bond acceptors (Lipinski definition) is 5. The molecule has 3 rings (SSSR count). The van der Waals surface area contributed by atoms with Gasteiger partial charge in [-0.3, -0.25) is 4.79 Å². The second kappa shape index (κ2) is 8.44. The Morgan fingerprint density at radius 3 is 2.77 bits per heavy atom. The van der Waals surface area contributed by atoms with E-state index in [1.165, 1.54) is 4.80 Å². The van der Waals surface area contributed by atoms with Crippen molar-refractivity contribution in [2.45, 2.75) is 13.0 Å². The molecule has 0 atom stereocenters. The van der Waals surface area contributed by atoms with E-state index in [-0.39, 0.29) is 12.5 Å². The van der Waals surface area contributed by atoms with Gasteiger partial charge in [-0.05, 0) is 35.4 Å². The summed E-state index contributed by atoms with van der Waals surface area (Å²) in [7, 11) is 1.63. The third-order valence-electron chi connectivity index (χ3n) is 3.76. The Kier molecular flexibility index (Phi) is 5.80. The van der Waals surface area contributed by atoms with Crippen molar-refractivity contribution in [1.29, 1.82) is 0 Å². The van der Waals surface area contributed by atoms with Gasteiger partial charge in [0.25, 0.3) is 0 Å². The van der Waals surface area contributed by atoms with Gasteiger partial charge >= 0.3 is 0 Å². The van der Waals surface area contributed by atoms with Crippen LogP contribution in [0.25, 0.3) is 11.4 Å². The summed E-state index contributed by atoms with van der Waals surface area (Å²) < 4.78 is 5.30. The summed E-state index contributed by atoms with van der Waals surface area (Å²) in [6.07, 6.45) is 0.672. The molecule has 0 aliphatic heterocycles. The van der Waals surface area contributed by atoms with Crippen molar-refractivity contribution in [3.05, 3.63) is 59.1 Å². The molecule has 0 saturated heterocycles. The Morgan fingerprint density at radius 2 is 1.96 bits per heavy atom. The fraction of sp³-hybridized carbons (Fsp3) is 0.222. The van der Waals surface area contributed by atoms with Crippen LogP contribution < -0.4 is 10.1 Å². The maximum absolute atomic E-state index is 12.1. The molecule has 0 saturated carbocycles. The second-order valence-corrected chi connectivity index (χ2v) is 5.94. The molecule has 2 aromatic carbocycles. The number of nitrogens with zero attached hydrogens (tertiary/aromatic N) is 4. The Hall–Kier alpha value is -2.93. The fourth-order valence-corrected chi connectivity index (χ4v) is 2.71. The predicted octanol–water partition coefficient (Wildman–Crippen LogP) is 2.36. The molecule has 0 fully saturated rings. The van der Waals surface area contributed by atoms with Gasteiger partial charge in [0.05, 0.1) is 12.1 Å². The number of nitrogens with one attached hydrogen (secondary N) is 1. The highest BCUT2D eigenvalue weighted by Crippen LogP contribution is 2.23. The largest absolute Gasteiger partial charge is 0.496 e. The maximum Gasteiger partial charge on any atom is 0.243 e. The van der Waals surface area contributed by atoms with E-state index in [9.17, 15) is 4.79 Å². The molecule has 1 amide bonds. The highest BCUT2D eigenvalue weighted by molar-refractivity contribution is 6.33. The number of amides is 1. The van der Waals surface area contributed by atoms with E-state index in [1.54, 1.807) is 19.2 Å². The molecule has 7 nitrogen and oxygen atoms in total. The zero-order valence-electron chi connectivity index (χ0n) is 14.2. The number of para-hydroxylation sites is 1. The monoisotopic (exact) mass is 371 g/mol.